The summed E-state index contributed by atoms with van der Waals surface area (Å²) in [7, 11) is 0. The van der Waals surface area contributed by atoms with Crippen LogP contribution >= 0.6 is 0 Å². The molecule has 1 unspecified atom stereocenters. The minimum atomic E-state index is -0.704. The summed E-state index contributed by atoms with van der Waals surface area (Å²) in [5.74, 6) is -0.399. The highest BCUT2D eigenvalue weighted by Gasteiger charge is 2.43. The largest absolute Gasteiger partial charge is 0.481 e. The van der Waals surface area contributed by atoms with Gasteiger partial charge in [0.2, 0.25) is 0 Å². The maximum absolute atomic E-state index is 11.2. The van der Waals surface area contributed by atoms with Crippen molar-refractivity contribution in [2.75, 3.05) is 6.54 Å². The van der Waals surface area contributed by atoms with Gasteiger partial charge in [0, 0.05) is 6.54 Å². The lowest BCUT2D eigenvalue weighted by Crippen LogP contribution is -2.43. The molecule has 3 N–H and O–H groups in total. The standard InChI is InChI=1S/C10H19NO2/c1-2-10(7-11,9(12)13)8-5-3-4-6-8/h8H,2-7,11H2,1H3,(H,12,13). The molecular weight excluding hydrogens is 166 g/mol. The molecular formula is C10H19NO2. The molecule has 1 fully saturated rings. The zero-order chi connectivity index (χ0) is 9.90. The van der Waals surface area contributed by atoms with Crippen molar-refractivity contribution in [3.05, 3.63) is 0 Å². The summed E-state index contributed by atoms with van der Waals surface area (Å²) in [5.41, 5.74) is 4.98. The third-order valence-electron chi connectivity index (χ3n) is 3.56. The van der Waals surface area contributed by atoms with Gasteiger partial charge in [-0.3, -0.25) is 4.79 Å². The first kappa shape index (κ1) is 10.5. The molecule has 0 aromatic rings. The Morgan fingerprint density at radius 1 is 1.54 bits per heavy atom. The first-order valence-electron chi connectivity index (χ1n) is 5.11. The number of hydrogen-bond acceptors (Lipinski definition) is 2. The highest BCUT2D eigenvalue weighted by Crippen LogP contribution is 2.41. The Bertz CT molecular complexity index is 181. The van der Waals surface area contributed by atoms with Crippen molar-refractivity contribution >= 4 is 5.97 Å². The fourth-order valence-electron chi connectivity index (χ4n) is 2.49. The molecule has 0 aromatic carbocycles. The molecule has 0 heterocycles. The predicted molar refractivity (Wildman–Crippen MR) is 51.4 cm³/mol. The Kier molecular flexibility index (Phi) is 3.31. The zero-order valence-corrected chi connectivity index (χ0v) is 8.25. The molecule has 0 spiro atoms. The van der Waals surface area contributed by atoms with E-state index in [2.05, 4.69) is 0 Å². The summed E-state index contributed by atoms with van der Waals surface area (Å²) in [6.45, 7) is 2.21. The summed E-state index contributed by atoms with van der Waals surface area (Å²) in [6.07, 6.45) is 5.07. The first-order chi connectivity index (χ1) is 6.17. The summed E-state index contributed by atoms with van der Waals surface area (Å²) in [5, 5.41) is 9.20. The SMILES string of the molecule is CCC(CN)(C(=O)O)C1CCCC1. The average molecular weight is 185 g/mol. The summed E-state index contributed by atoms with van der Waals surface area (Å²) in [6, 6.07) is 0. The summed E-state index contributed by atoms with van der Waals surface area (Å²) >= 11 is 0. The molecule has 0 bridgehead atoms. The van der Waals surface area contributed by atoms with Crippen molar-refractivity contribution in [1.29, 1.82) is 0 Å². The van der Waals surface area contributed by atoms with Crippen molar-refractivity contribution in [2.24, 2.45) is 17.1 Å². The molecule has 1 aliphatic rings. The zero-order valence-electron chi connectivity index (χ0n) is 8.25. The van der Waals surface area contributed by atoms with Crippen molar-refractivity contribution in [1.82, 2.24) is 0 Å². The van der Waals surface area contributed by atoms with Crippen LogP contribution in [0.3, 0.4) is 0 Å². The number of rotatable bonds is 4. The predicted octanol–water partition coefficient (Wildman–Crippen LogP) is 1.62. The summed E-state index contributed by atoms with van der Waals surface area (Å²) in [4.78, 5) is 11.2. The van der Waals surface area contributed by atoms with E-state index in [-0.39, 0.29) is 6.54 Å². The van der Waals surface area contributed by atoms with Gasteiger partial charge in [-0.15, -0.1) is 0 Å². The Morgan fingerprint density at radius 2 is 2.08 bits per heavy atom. The van der Waals surface area contributed by atoms with Crippen LogP contribution in [0.1, 0.15) is 39.0 Å². The van der Waals surface area contributed by atoms with Crippen LogP contribution < -0.4 is 5.73 Å². The van der Waals surface area contributed by atoms with E-state index >= 15 is 0 Å². The van der Waals surface area contributed by atoms with E-state index in [0.717, 1.165) is 12.8 Å². The molecule has 0 aromatic heterocycles. The number of carboxylic acid groups (broad SMARTS) is 1. The highest BCUT2D eigenvalue weighted by molar-refractivity contribution is 5.75. The maximum Gasteiger partial charge on any atom is 0.311 e. The lowest BCUT2D eigenvalue weighted by Gasteiger charge is -2.32. The Hall–Kier alpha value is -0.570. The van der Waals surface area contributed by atoms with Crippen molar-refractivity contribution in [3.8, 4) is 0 Å². The lowest BCUT2D eigenvalue weighted by molar-refractivity contribution is -0.152. The number of carboxylic acids is 1. The monoisotopic (exact) mass is 185 g/mol. The third-order valence-corrected chi connectivity index (χ3v) is 3.56. The van der Waals surface area contributed by atoms with E-state index in [1.165, 1.54) is 12.8 Å². The number of nitrogens with two attached hydrogens (primary N) is 1. The smallest absolute Gasteiger partial charge is 0.311 e. The van der Waals surface area contributed by atoms with Gasteiger partial charge in [-0.2, -0.15) is 0 Å². The Balaban J connectivity index is 2.80. The van der Waals surface area contributed by atoms with Crippen molar-refractivity contribution in [2.45, 2.75) is 39.0 Å². The third kappa shape index (κ3) is 1.70. The van der Waals surface area contributed by atoms with Crippen molar-refractivity contribution < 1.29 is 9.90 Å². The van der Waals surface area contributed by atoms with Gasteiger partial charge in [-0.1, -0.05) is 19.8 Å². The number of aliphatic carboxylic acids is 1. The van der Waals surface area contributed by atoms with Gasteiger partial charge in [0.25, 0.3) is 0 Å². The Labute approximate surface area is 79.3 Å². The minimum absolute atomic E-state index is 0.281. The highest BCUT2D eigenvalue weighted by atomic mass is 16.4. The molecule has 13 heavy (non-hydrogen) atoms. The quantitative estimate of drug-likeness (QED) is 0.699. The molecule has 0 amide bonds. The molecule has 0 aliphatic heterocycles. The molecule has 1 aliphatic carbocycles. The van der Waals surface area contributed by atoms with E-state index in [1.807, 2.05) is 6.92 Å². The van der Waals surface area contributed by atoms with Crippen molar-refractivity contribution in [3.63, 3.8) is 0 Å². The van der Waals surface area contributed by atoms with Crippen LogP contribution in [0.25, 0.3) is 0 Å². The fourth-order valence-corrected chi connectivity index (χ4v) is 2.49. The summed E-state index contributed by atoms with van der Waals surface area (Å²) < 4.78 is 0. The van der Waals surface area contributed by atoms with Gasteiger partial charge >= 0.3 is 5.97 Å². The topological polar surface area (TPSA) is 63.3 Å². The fraction of sp³-hybridized carbons (Fsp3) is 0.900. The van der Waals surface area contributed by atoms with Crippen LogP contribution in [0, 0.1) is 11.3 Å². The van der Waals surface area contributed by atoms with E-state index < -0.39 is 11.4 Å². The molecule has 1 saturated carbocycles. The molecule has 0 saturated heterocycles. The molecule has 3 heteroatoms. The minimum Gasteiger partial charge on any atom is -0.481 e. The molecule has 1 atom stereocenters. The van der Waals surface area contributed by atoms with Gasteiger partial charge < -0.3 is 10.8 Å². The Morgan fingerprint density at radius 3 is 2.38 bits per heavy atom. The van der Waals surface area contributed by atoms with Gasteiger partial charge in [-0.25, -0.2) is 0 Å². The normalized spacial score (nSPS) is 22.9. The van der Waals surface area contributed by atoms with E-state index in [1.54, 1.807) is 0 Å². The van der Waals surface area contributed by atoms with Crippen LogP contribution in [0.5, 0.6) is 0 Å². The van der Waals surface area contributed by atoms with Gasteiger partial charge in [0.1, 0.15) is 0 Å². The van der Waals surface area contributed by atoms with Crippen LogP contribution in [-0.4, -0.2) is 17.6 Å². The molecule has 76 valence electrons. The molecule has 0 radical (unpaired) electrons. The van der Waals surface area contributed by atoms with Gasteiger partial charge in [0.05, 0.1) is 5.41 Å². The number of hydrogen-bond donors (Lipinski definition) is 2. The lowest BCUT2D eigenvalue weighted by atomic mass is 9.72. The van der Waals surface area contributed by atoms with E-state index in [0.29, 0.717) is 12.3 Å². The van der Waals surface area contributed by atoms with E-state index in [9.17, 15) is 9.90 Å². The first-order valence-corrected chi connectivity index (χ1v) is 5.11. The van der Waals surface area contributed by atoms with Gasteiger partial charge in [-0.05, 0) is 25.2 Å². The molecule has 3 nitrogen and oxygen atoms in total. The van der Waals surface area contributed by atoms with Gasteiger partial charge in [0.15, 0.2) is 0 Å². The second-order valence-corrected chi connectivity index (χ2v) is 4.00. The molecule has 1 rings (SSSR count). The van der Waals surface area contributed by atoms with Crippen LogP contribution in [0.15, 0.2) is 0 Å². The van der Waals surface area contributed by atoms with E-state index in [4.69, 9.17) is 5.73 Å². The second kappa shape index (κ2) is 4.09. The number of carbonyl (C=O) groups is 1. The maximum atomic E-state index is 11.2. The average Bonchev–Trinajstić information content (AvgIpc) is 2.60. The van der Waals surface area contributed by atoms with Crippen LogP contribution in [0.2, 0.25) is 0 Å². The van der Waals surface area contributed by atoms with Crippen LogP contribution in [0.4, 0.5) is 0 Å². The second-order valence-electron chi connectivity index (χ2n) is 4.00. The van der Waals surface area contributed by atoms with Crippen LogP contribution in [-0.2, 0) is 4.79 Å².